The van der Waals surface area contributed by atoms with Gasteiger partial charge in [-0.15, -0.1) is 0 Å². The van der Waals surface area contributed by atoms with E-state index in [1.807, 2.05) is 4.98 Å². The van der Waals surface area contributed by atoms with Crippen LogP contribution in [0.1, 0.15) is 15.9 Å². The third kappa shape index (κ3) is 2.71. The molecule has 7 heteroatoms. The Bertz CT molecular complexity index is 793. The van der Waals surface area contributed by atoms with Gasteiger partial charge in [0.05, 0.1) is 12.1 Å². The molecule has 0 aliphatic heterocycles. The van der Waals surface area contributed by atoms with E-state index in [2.05, 4.69) is 0 Å². The summed E-state index contributed by atoms with van der Waals surface area (Å²) in [6, 6.07) is 2.49. The normalized spacial score (nSPS) is 10.6. The molecule has 0 radical (unpaired) electrons. The monoisotopic (exact) mass is 280 g/mol. The van der Waals surface area contributed by atoms with Crippen molar-refractivity contribution in [3.8, 4) is 0 Å². The van der Waals surface area contributed by atoms with Crippen LogP contribution in [0.2, 0.25) is 0 Å². The Kier molecular flexibility index (Phi) is 3.60. The van der Waals surface area contributed by atoms with Gasteiger partial charge in [-0.2, -0.15) is 0 Å². The van der Waals surface area contributed by atoms with Crippen molar-refractivity contribution in [2.45, 2.75) is 13.5 Å². The summed E-state index contributed by atoms with van der Waals surface area (Å²) in [5.41, 5.74) is -1.56. The number of hydrogen-bond acceptors (Lipinski definition) is 3. The van der Waals surface area contributed by atoms with Crippen molar-refractivity contribution >= 4 is 5.78 Å². The summed E-state index contributed by atoms with van der Waals surface area (Å²) >= 11 is 0. The van der Waals surface area contributed by atoms with E-state index >= 15 is 0 Å². The Morgan fingerprint density at radius 3 is 2.70 bits per heavy atom. The highest BCUT2D eigenvalue weighted by Crippen LogP contribution is 2.11. The van der Waals surface area contributed by atoms with Crippen LogP contribution in [0, 0.1) is 18.6 Å². The number of nitrogens with one attached hydrogen (secondary N) is 1. The van der Waals surface area contributed by atoms with Gasteiger partial charge in [0.15, 0.2) is 5.78 Å². The number of halogens is 2. The molecule has 2 rings (SSSR count). The number of rotatable bonds is 3. The number of Topliss-reactive ketones (excluding diaryl/α,β-unsaturated/α-hetero) is 1. The molecule has 1 aromatic carbocycles. The second kappa shape index (κ2) is 5.20. The molecular weight excluding hydrogens is 270 g/mol. The molecule has 1 aromatic heterocycles. The topological polar surface area (TPSA) is 71.9 Å². The van der Waals surface area contributed by atoms with Crippen LogP contribution in [-0.2, 0) is 6.54 Å². The van der Waals surface area contributed by atoms with Crippen LogP contribution in [0.3, 0.4) is 0 Å². The quantitative estimate of drug-likeness (QED) is 0.853. The summed E-state index contributed by atoms with van der Waals surface area (Å²) in [7, 11) is 0. The van der Waals surface area contributed by atoms with Crippen molar-refractivity contribution in [2.24, 2.45) is 0 Å². The van der Waals surface area contributed by atoms with Crippen LogP contribution in [-0.4, -0.2) is 15.3 Å². The van der Waals surface area contributed by atoms with Crippen molar-refractivity contribution in [1.29, 1.82) is 0 Å². The molecule has 0 amide bonds. The highest BCUT2D eigenvalue weighted by atomic mass is 19.1. The molecule has 0 saturated heterocycles. The first kappa shape index (κ1) is 13.9. The third-order valence-corrected chi connectivity index (χ3v) is 2.73. The van der Waals surface area contributed by atoms with Crippen molar-refractivity contribution in [1.82, 2.24) is 9.55 Å². The maximum atomic E-state index is 13.4. The predicted molar refractivity (Wildman–Crippen MR) is 66.7 cm³/mol. The van der Waals surface area contributed by atoms with Crippen LogP contribution >= 0.6 is 0 Å². The van der Waals surface area contributed by atoms with E-state index in [9.17, 15) is 23.2 Å². The van der Waals surface area contributed by atoms with Crippen LogP contribution < -0.4 is 11.2 Å². The molecule has 1 N–H and O–H groups in total. The highest BCUT2D eigenvalue weighted by Gasteiger charge is 2.14. The number of benzene rings is 1. The molecule has 0 fully saturated rings. The molecule has 104 valence electrons. The Balaban J connectivity index is 2.37. The number of hydrogen-bond donors (Lipinski definition) is 1. The number of aryl methyl sites for hydroxylation is 1. The Hall–Kier alpha value is -2.57. The first-order valence-corrected chi connectivity index (χ1v) is 5.67. The van der Waals surface area contributed by atoms with E-state index in [1.165, 1.54) is 13.1 Å². The Morgan fingerprint density at radius 1 is 1.30 bits per heavy atom. The van der Waals surface area contributed by atoms with E-state index in [0.717, 1.165) is 22.8 Å². The van der Waals surface area contributed by atoms with Crippen LogP contribution in [0.25, 0.3) is 0 Å². The Labute approximate surface area is 111 Å². The van der Waals surface area contributed by atoms with E-state index < -0.39 is 40.8 Å². The fourth-order valence-corrected chi connectivity index (χ4v) is 1.69. The molecule has 0 atom stereocenters. The summed E-state index contributed by atoms with van der Waals surface area (Å²) < 4.78 is 27.4. The molecule has 20 heavy (non-hydrogen) atoms. The summed E-state index contributed by atoms with van der Waals surface area (Å²) in [5, 5.41) is 0. The lowest BCUT2D eigenvalue weighted by Gasteiger charge is -2.06. The SMILES string of the molecule is Cc1cn(CC(=O)c2cc(F)ccc2F)c(=O)[nH]c1=O. The molecular formula is C13H10F2N2O3. The van der Waals surface area contributed by atoms with Gasteiger partial charge in [0.2, 0.25) is 0 Å². The number of aromatic amines is 1. The third-order valence-electron chi connectivity index (χ3n) is 2.73. The van der Waals surface area contributed by atoms with Gasteiger partial charge in [-0.3, -0.25) is 19.1 Å². The van der Waals surface area contributed by atoms with E-state index in [4.69, 9.17) is 0 Å². The van der Waals surface area contributed by atoms with Gasteiger partial charge in [0.25, 0.3) is 5.56 Å². The number of carbonyl (C=O) groups excluding carboxylic acids is 1. The zero-order valence-corrected chi connectivity index (χ0v) is 10.4. The maximum Gasteiger partial charge on any atom is 0.328 e. The van der Waals surface area contributed by atoms with Crippen LogP contribution in [0.15, 0.2) is 34.0 Å². The minimum atomic E-state index is -0.870. The molecule has 0 saturated carbocycles. The smallest absolute Gasteiger partial charge is 0.293 e. The summed E-state index contributed by atoms with van der Waals surface area (Å²) in [6.45, 7) is 0.971. The molecule has 0 unspecified atom stereocenters. The van der Waals surface area contributed by atoms with Gasteiger partial charge in [0, 0.05) is 11.8 Å². The van der Waals surface area contributed by atoms with Crippen LogP contribution in [0.4, 0.5) is 8.78 Å². The second-order valence-electron chi connectivity index (χ2n) is 4.25. The average Bonchev–Trinajstić information content (AvgIpc) is 2.38. The molecule has 1 heterocycles. The van der Waals surface area contributed by atoms with Gasteiger partial charge in [-0.05, 0) is 25.1 Å². The highest BCUT2D eigenvalue weighted by molar-refractivity contribution is 5.96. The number of aromatic nitrogens is 2. The average molecular weight is 280 g/mol. The minimum Gasteiger partial charge on any atom is -0.293 e. The van der Waals surface area contributed by atoms with E-state index in [0.29, 0.717) is 0 Å². The molecule has 2 aromatic rings. The number of ketones is 1. The maximum absolute atomic E-state index is 13.4. The number of H-pyrrole nitrogens is 1. The summed E-state index contributed by atoms with van der Waals surface area (Å²) in [6.07, 6.45) is 1.19. The standard InChI is InChI=1S/C13H10F2N2O3/c1-7-5-17(13(20)16-12(7)19)6-11(18)9-4-8(14)2-3-10(9)15/h2-5H,6H2,1H3,(H,16,19,20). The lowest BCUT2D eigenvalue weighted by atomic mass is 10.1. The summed E-state index contributed by atoms with van der Waals surface area (Å²) in [5.74, 6) is -2.39. The molecule has 0 bridgehead atoms. The zero-order chi connectivity index (χ0) is 14.9. The van der Waals surface area contributed by atoms with E-state index in [1.54, 1.807) is 0 Å². The largest absolute Gasteiger partial charge is 0.328 e. The number of nitrogens with zero attached hydrogens (tertiary/aromatic N) is 1. The minimum absolute atomic E-state index is 0.233. The van der Waals surface area contributed by atoms with Gasteiger partial charge in [-0.25, -0.2) is 13.6 Å². The van der Waals surface area contributed by atoms with Crippen LogP contribution in [0.5, 0.6) is 0 Å². The number of carbonyl (C=O) groups is 1. The molecule has 0 spiro atoms. The molecule has 0 aliphatic rings. The van der Waals surface area contributed by atoms with Crippen molar-refractivity contribution < 1.29 is 13.6 Å². The fourth-order valence-electron chi connectivity index (χ4n) is 1.69. The Morgan fingerprint density at radius 2 is 2.00 bits per heavy atom. The zero-order valence-electron chi connectivity index (χ0n) is 10.4. The molecule has 5 nitrogen and oxygen atoms in total. The van der Waals surface area contributed by atoms with Crippen molar-refractivity contribution in [3.05, 3.63) is 68.0 Å². The second-order valence-corrected chi connectivity index (χ2v) is 4.25. The van der Waals surface area contributed by atoms with Gasteiger partial charge in [-0.1, -0.05) is 0 Å². The summed E-state index contributed by atoms with van der Waals surface area (Å²) in [4.78, 5) is 36.6. The van der Waals surface area contributed by atoms with Crippen molar-refractivity contribution in [2.75, 3.05) is 0 Å². The molecule has 0 aliphatic carbocycles. The van der Waals surface area contributed by atoms with E-state index in [-0.39, 0.29) is 5.56 Å². The lowest BCUT2D eigenvalue weighted by Crippen LogP contribution is -2.32. The van der Waals surface area contributed by atoms with Gasteiger partial charge in [0.1, 0.15) is 11.6 Å². The fraction of sp³-hybridized carbons (Fsp3) is 0.154. The first-order chi connectivity index (χ1) is 9.38. The first-order valence-electron chi connectivity index (χ1n) is 5.67. The van der Waals surface area contributed by atoms with Gasteiger partial charge < -0.3 is 0 Å². The van der Waals surface area contributed by atoms with Crippen molar-refractivity contribution in [3.63, 3.8) is 0 Å². The lowest BCUT2D eigenvalue weighted by molar-refractivity contribution is 0.0965. The van der Waals surface area contributed by atoms with Gasteiger partial charge >= 0.3 is 5.69 Å². The predicted octanol–water partition coefficient (Wildman–Crippen LogP) is 1.01.